The number of hydrogen-bond acceptors (Lipinski definition) is 4. The molecule has 0 saturated heterocycles. The molecule has 0 aliphatic rings. The molecule has 0 aromatic carbocycles. The first-order chi connectivity index (χ1) is 9.22. The fourth-order valence-corrected chi connectivity index (χ4v) is 2.73. The molecule has 0 aliphatic carbocycles. The van der Waals surface area contributed by atoms with E-state index in [-0.39, 0.29) is 11.8 Å². The number of carbonyl (C=O) groups excluding carboxylic acids is 1. The highest BCUT2D eigenvalue weighted by Crippen LogP contribution is 2.16. The minimum Gasteiger partial charge on any atom is -0.383 e. The zero-order valence-corrected chi connectivity index (χ0v) is 12.6. The van der Waals surface area contributed by atoms with Crippen molar-refractivity contribution in [2.75, 3.05) is 26.8 Å². The van der Waals surface area contributed by atoms with Crippen molar-refractivity contribution >= 4 is 17.2 Å². The summed E-state index contributed by atoms with van der Waals surface area (Å²) in [7, 11) is 1.65. The number of thiophene rings is 1. The molecule has 1 rings (SSSR count). The molecule has 0 spiro atoms. The van der Waals surface area contributed by atoms with Crippen LogP contribution in [-0.4, -0.2) is 37.6 Å². The number of nitrogens with zero attached hydrogens (tertiary/aromatic N) is 1. The van der Waals surface area contributed by atoms with Crippen molar-refractivity contribution in [3.8, 4) is 0 Å². The van der Waals surface area contributed by atoms with Crippen LogP contribution in [0.15, 0.2) is 17.5 Å². The molecule has 19 heavy (non-hydrogen) atoms. The van der Waals surface area contributed by atoms with Crippen molar-refractivity contribution in [2.24, 2.45) is 11.7 Å². The Morgan fingerprint density at radius 1 is 1.58 bits per heavy atom. The molecule has 1 amide bonds. The van der Waals surface area contributed by atoms with Crippen LogP contribution in [0.25, 0.3) is 0 Å². The average molecular weight is 284 g/mol. The summed E-state index contributed by atoms with van der Waals surface area (Å²) in [6.07, 6.45) is 1.83. The predicted molar refractivity (Wildman–Crippen MR) is 79.1 cm³/mol. The Morgan fingerprint density at radius 2 is 2.37 bits per heavy atom. The molecule has 108 valence electrons. The van der Waals surface area contributed by atoms with Gasteiger partial charge in [0.25, 0.3) is 0 Å². The number of nitrogens with two attached hydrogens (primary N) is 1. The third-order valence-electron chi connectivity index (χ3n) is 3.07. The van der Waals surface area contributed by atoms with Crippen molar-refractivity contribution < 1.29 is 9.53 Å². The first kappa shape index (κ1) is 16.1. The van der Waals surface area contributed by atoms with Gasteiger partial charge >= 0.3 is 0 Å². The highest BCUT2D eigenvalue weighted by Gasteiger charge is 2.22. The van der Waals surface area contributed by atoms with Gasteiger partial charge in [0.05, 0.1) is 19.1 Å². The van der Waals surface area contributed by atoms with Gasteiger partial charge in [-0.25, -0.2) is 0 Å². The average Bonchev–Trinajstić information content (AvgIpc) is 2.93. The molecule has 0 fully saturated rings. The number of amides is 1. The summed E-state index contributed by atoms with van der Waals surface area (Å²) in [5.41, 5.74) is 5.72. The Balaban J connectivity index is 2.68. The number of ether oxygens (including phenoxy) is 1. The van der Waals surface area contributed by atoms with E-state index in [1.807, 2.05) is 16.3 Å². The van der Waals surface area contributed by atoms with E-state index in [9.17, 15) is 4.79 Å². The second-order valence-electron chi connectivity index (χ2n) is 4.55. The van der Waals surface area contributed by atoms with E-state index in [4.69, 9.17) is 10.5 Å². The lowest BCUT2D eigenvalue weighted by atomic mass is 10.0. The van der Waals surface area contributed by atoms with Crippen molar-refractivity contribution in [2.45, 2.75) is 26.3 Å². The number of rotatable bonds is 9. The van der Waals surface area contributed by atoms with Crippen molar-refractivity contribution in [1.29, 1.82) is 0 Å². The van der Waals surface area contributed by atoms with Crippen LogP contribution in [0.5, 0.6) is 0 Å². The van der Waals surface area contributed by atoms with Crippen LogP contribution >= 0.6 is 11.3 Å². The van der Waals surface area contributed by atoms with Gasteiger partial charge in [-0.3, -0.25) is 4.79 Å². The van der Waals surface area contributed by atoms with Gasteiger partial charge in [0.15, 0.2) is 0 Å². The molecule has 0 saturated carbocycles. The van der Waals surface area contributed by atoms with Gasteiger partial charge in [-0.05, 0) is 17.9 Å². The summed E-state index contributed by atoms with van der Waals surface area (Å²) in [4.78, 5) is 15.5. The lowest BCUT2D eigenvalue weighted by Gasteiger charge is -2.26. The Bertz CT molecular complexity index is 354. The summed E-state index contributed by atoms with van der Waals surface area (Å²) in [5, 5.41) is 2.03. The first-order valence-electron chi connectivity index (χ1n) is 6.73. The van der Waals surface area contributed by atoms with E-state index in [2.05, 4.69) is 13.0 Å². The van der Waals surface area contributed by atoms with Gasteiger partial charge in [0, 0.05) is 25.1 Å². The maximum Gasteiger partial charge on any atom is 0.227 e. The molecule has 5 heteroatoms. The molecule has 1 aromatic rings. The van der Waals surface area contributed by atoms with Crippen molar-refractivity contribution in [3.63, 3.8) is 0 Å². The molecule has 0 radical (unpaired) electrons. The lowest BCUT2D eigenvalue weighted by Crippen LogP contribution is -2.40. The largest absolute Gasteiger partial charge is 0.383 e. The molecule has 0 aliphatic heterocycles. The number of hydrogen-bond donors (Lipinski definition) is 1. The molecule has 4 nitrogen and oxygen atoms in total. The Hall–Kier alpha value is -0.910. The van der Waals surface area contributed by atoms with Crippen LogP contribution in [0.1, 0.15) is 24.6 Å². The summed E-state index contributed by atoms with van der Waals surface area (Å²) < 4.78 is 5.09. The normalized spacial score (nSPS) is 12.4. The molecule has 1 atom stereocenters. The first-order valence-corrected chi connectivity index (χ1v) is 7.61. The predicted octanol–water partition coefficient (Wildman–Crippen LogP) is 2.10. The Labute approximate surface area is 119 Å². The third-order valence-corrected chi connectivity index (χ3v) is 3.94. The van der Waals surface area contributed by atoms with E-state index < -0.39 is 0 Å². The Morgan fingerprint density at radius 3 is 2.89 bits per heavy atom. The van der Waals surface area contributed by atoms with E-state index in [0.29, 0.717) is 26.2 Å². The maximum atomic E-state index is 12.5. The number of methoxy groups -OCH3 is 1. The summed E-state index contributed by atoms with van der Waals surface area (Å²) in [5.74, 6) is 0.0802. The second kappa shape index (κ2) is 9.07. The minimum atomic E-state index is -0.0678. The minimum absolute atomic E-state index is 0.0678. The highest BCUT2D eigenvalue weighted by molar-refractivity contribution is 7.09. The fraction of sp³-hybridized carbons (Fsp3) is 0.643. The van der Waals surface area contributed by atoms with E-state index in [1.54, 1.807) is 18.4 Å². The van der Waals surface area contributed by atoms with Gasteiger partial charge in [0.1, 0.15) is 0 Å². The zero-order chi connectivity index (χ0) is 14.1. The smallest absolute Gasteiger partial charge is 0.227 e. The SMILES string of the molecule is CCCC(CN)C(=O)N(CCOC)Cc1cccs1. The topological polar surface area (TPSA) is 55.6 Å². The summed E-state index contributed by atoms with van der Waals surface area (Å²) >= 11 is 1.67. The lowest BCUT2D eigenvalue weighted by molar-refractivity contribution is -0.136. The molecule has 1 heterocycles. The van der Waals surface area contributed by atoms with Gasteiger partial charge in [-0.1, -0.05) is 19.4 Å². The van der Waals surface area contributed by atoms with Crippen LogP contribution < -0.4 is 5.73 Å². The van der Waals surface area contributed by atoms with Gasteiger partial charge in [0.2, 0.25) is 5.91 Å². The standard InChI is InChI=1S/C14H24N2O2S/c1-3-5-12(10-15)14(17)16(7-8-18-2)11-13-6-4-9-19-13/h4,6,9,12H,3,5,7-8,10-11,15H2,1-2H3. The maximum absolute atomic E-state index is 12.5. The monoisotopic (exact) mass is 284 g/mol. The van der Waals surface area contributed by atoms with Gasteiger partial charge in [-0.2, -0.15) is 0 Å². The zero-order valence-electron chi connectivity index (χ0n) is 11.8. The van der Waals surface area contributed by atoms with Crippen molar-refractivity contribution in [1.82, 2.24) is 4.90 Å². The van der Waals surface area contributed by atoms with Crippen LogP contribution in [0.2, 0.25) is 0 Å². The molecule has 1 unspecified atom stereocenters. The number of carbonyl (C=O) groups is 1. The van der Waals surface area contributed by atoms with E-state index in [0.717, 1.165) is 12.8 Å². The second-order valence-corrected chi connectivity index (χ2v) is 5.59. The van der Waals surface area contributed by atoms with Gasteiger partial charge in [-0.15, -0.1) is 11.3 Å². The summed E-state index contributed by atoms with van der Waals surface area (Å²) in [6, 6.07) is 4.06. The van der Waals surface area contributed by atoms with E-state index >= 15 is 0 Å². The molecule has 0 bridgehead atoms. The Kier molecular flexibility index (Phi) is 7.70. The molecule has 1 aromatic heterocycles. The third kappa shape index (κ3) is 5.30. The summed E-state index contributed by atoms with van der Waals surface area (Å²) in [6.45, 7) is 4.32. The molecular weight excluding hydrogens is 260 g/mol. The highest BCUT2D eigenvalue weighted by atomic mass is 32.1. The van der Waals surface area contributed by atoms with Crippen LogP contribution in [-0.2, 0) is 16.1 Å². The van der Waals surface area contributed by atoms with Gasteiger partial charge < -0.3 is 15.4 Å². The fourth-order valence-electron chi connectivity index (χ4n) is 2.01. The van der Waals surface area contributed by atoms with Crippen LogP contribution in [0.4, 0.5) is 0 Å². The van der Waals surface area contributed by atoms with Crippen molar-refractivity contribution in [3.05, 3.63) is 22.4 Å². The van der Waals surface area contributed by atoms with E-state index in [1.165, 1.54) is 4.88 Å². The van der Waals surface area contributed by atoms with Crippen LogP contribution in [0.3, 0.4) is 0 Å². The molecular formula is C14H24N2O2S. The quantitative estimate of drug-likeness (QED) is 0.755. The van der Waals surface area contributed by atoms with Crippen LogP contribution in [0, 0.1) is 5.92 Å². The molecule has 2 N–H and O–H groups in total.